The van der Waals surface area contributed by atoms with E-state index in [1.807, 2.05) is 0 Å². The SMILES string of the molecule is C=CCn1c(SCC(=O)Nc2cccc(C(=O)O)c2)nnc1C(C)NC(=O)c1ccc(OC)cc1. The van der Waals surface area contributed by atoms with Gasteiger partial charge in [0.25, 0.3) is 5.91 Å². The van der Waals surface area contributed by atoms with Crippen LogP contribution < -0.4 is 15.4 Å². The predicted molar refractivity (Wildman–Crippen MR) is 132 cm³/mol. The van der Waals surface area contributed by atoms with Crippen molar-refractivity contribution in [3.8, 4) is 5.75 Å². The molecule has 11 heteroatoms. The number of carbonyl (C=O) groups is 3. The molecule has 1 heterocycles. The summed E-state index contributed by atoms with van der Waals surface area (Å²) < 4.78 is 6.89. The van der Waals surface area contributed by atoms with Gasteiger partial charge < -0.3 is 25.0 Å². The zero-order chi connectivity index (χ0) is 25.4. The van der Waals surface area contributed by atoms with Crippen LogP contribution >= 0.6 is 11.8 Å². The van der Waals surface area contributed by atoms with E-state index in [4.69, 9.17) is 9.84 Å². The van der Waals surface area contributed by atoms with Gasteiger partial charge >= 0.3 is 5.97 Å². The van der Waals surface area contributed by atoms with Crippen molar-refractivity contribution in [2.24, 2.45) is 0 Å². The van der Waals surface area contributed by atoms with Crippen LogP contribution in [0.25, 0.3) is 0 Å². The van der Waals surface area contributed by atoms with E-state index in [0.717, 1.165) is 0 Å². The number of hydrogen-bond donors (Lipinski definition) is 3. The second-order valence-corrected chi connectivity index (χ2v) is 8.33. The van der Waals surface area contributed by atoms with Crippen molar-refractivity contribution in [1.82, 2.24) is 20.1 Å². The Morgan fingerprint density at radius 2 is 1.91 bits per heavy atom. The van der Waals surface area contributed by atoms with Gasteiger partial charge in [0.2, 0.25) is 5.91 Å². The van der Waals surface area contributed by atoms with Crippen molar-refractivity contribution >= 4 is 35.2 Å². The zero-order valence-corrected chi connectivity index (χ0v) is 20.0. The lowest BCUT2D eigenvalue weighted by molar-refractivity contribution is -0.113. The van der Waals surface area contributed by atoms with Crippen LogP contribution in [0.5, 0.6) is 5.75 Å². The van der Waals surface area contributed by atoms with Crippen molar-refractivity contribution < 1.29 is 24.2 Å². The lowest BCUT2D eigenvalue weighted by atomic mass is 10.2. The Hall–Kier alpha value is -4.12. The number of hydrogen-bond acceptors (Lipinski definition) is 7. The standard InChI is InChI=1S/C24H25N5O5S/c1-4-12-29-21(15(2)25-22(31)16-8-10-19(34-3)11-9-16)27-28-24(29)35-14-20(30)26-18-7-5-6-17(13-18)23(32)33/h4-11,13,15H,1,12,14H2,2-3H3,(H,25,31)(H,26,30)(H,32,33). The molecule has 0 fully saturated rings. The number of thioether (sulfide) groups is 1. The third-order valence-electron chi connectivity index (χ3n) is 4.87. The van der Waals surface area contributed by atoms with E-state index in [1.54, 1.807) is 61.1 Å². The summed E-state index contributed by atoms with van der Waals surface area (Å²) >= 11 is 1.17. The molecule has 182 valence electrons. The molecule has 3 aromatic rings. The summed E-state index contributed by atoms with van der Waals surface area (Å²) in [6, 6.07) is 12.3. The number of aromatic nitrogens is 3. The molecule has 35 heavy (non-hydrogen) atoms. The fourth-order valence-electron chi connectivity index (χ4n) is 3.17. The molecule has 10 nitrogen and oxygen atoms in total. The Kier molecular flexibility index (Phi) is 8.63. The van der Waals surface area contributed by atoms with Crippen LogP contribution in [0.4, 0.5) is 5.69 Å². The lowest BCUT2D eigenvalue weighted by Gasteiger charge is -2.15. The van der Waals surface area contributed by atoms with Gasteiger partial charge in [0.15, 0.2) is 11.0 Å². The van der Waals surface area contributed by atoms with Gasteiger partial charge in [0.1, 0.15) is 5.75 Å². The molecule has 0 aliphatic heterocycles. The van der Waals surface area contributed by atoms with Gasteiger partial charge in [-0.25, -0.2) is 4.79 Å². The van der Waals surface area contributed by atoms with Crippen molar-refractivity contribution in [1.29, 1.82) is 0 Å². The number of ether oxygens (including phenoxy) is 1. The quantitative estimate of drug-likeness (QED) is 0.272. The Labute approximate surface area is 206 Å². The molecule has 3 N–H and O–H groups in total. The van der Waals surface area contributed by atoms with Crippen LogP contribution in [0.3, 0.4) is 0 Å². The van der Waals surface area contributed by atoms with Gasteiger partial charge in [-0.3, -0.25) is 9.59 Å². The van der Waals surface area contributed by atoms with E-state index in [1.165, 1.54) is 23.9 Å². The summed E-state index contributed by atoms with van der Waals surface area (Å²) in [7, 11) is 1.56. The number of carboxylic acids is 1. The number of aromatic carboxylic acids is 1. The maximum Gasteiger partial charge on any atom is 0.335 e. The average molecular weight is 496 g/mol. The molecule has 0 aliphatic rings. The minimum Gasteiger partial charge on any atom is -0.497 e. The summed E-state index contributed by atoms with van der Waals surface area (Å²) in [5, 5.41) is 23.5. The number of allylic oxidation sites excluding steroid dienone is 1. The van der Waals surface area contributed by atoms with E-state index in [2.05, 4.69) is 27.4 Å². The Bertz CT molecular complexity index is 1230. The summed E-state index contributed by atoms with van der Waals surface area (Å²) in [6.45, 7) is 5.94. The number of anilines is 1. The number of carboxylic acid groups (broad SMARTS) is 1. The Morgan fingerprint density at radius 3 is 2.57 bits per heavy atom. The molecule has 1 unspecified atom stereocenters. The Balaban J connectivity index is 1.65. The molecule has 0 bridgehead atoms. The minimum atomic E-state index is -1.08. The maximum atomic E-state index is 12.6. The number of benzene rings is 2. The van der Waals surface area contributed by atoms with E-state index in [9.17, 15) is 14.4 Å². The van der Waals surface area contributed by atoms with E-state index in [-0.39, 0.29) is 23.1 Å². The number of nitrogens with zero attached hydrogens (tertiary/aromatic N) is 3. The van der Waals surface area contributed by atoms with E-state index in [0.29, 0.717) is 34.5 Å². The number of methoxy groups -OCH3 is 1. The average Bonchev–Trinajstić information content (AvgIpc) is 3.25. The molecular weight excluding hydrogens is 470 g/mol. The normalized spacial score (nSPS) is 11.4. The summed E-state index contributed by atoms with van der Waals surface area (Å²) in [4.78, 5) is 36.1. The number of amides is 2. The van der Waals surface area contributed by atoms with Gasteiger partial charge in [-0.15, -0.1) is 16.8 Å². The monoisotopic (exact) mass is 495 g/mol. The summed E-state index contributed by atoms with van der Waals surface area (Å²) in [5.74, 6) is -0.476. The van der Waals surface area contributed by atoms with Crippen LogP contribution in [-0.4, -0.2) is 50.5 Å². The zero-order valence-electron chi connectivity index (χ0n) is 19.2. The first kappa shape index (κ1) is 25.5. The van der Waals surface area contributed by atoms with Gasteiger partial charge in [-0.05, 0) is 49.4 Å². The first-order chi connectivity index (χ1) is 16.8. The molecule has 0 aliphatic carbocycles. The smallest absolute Gasteiger partial charge is 0.335 e. The molecule has 0 spiro atoms. The number of rotatable bonds is 11. The summed E-state index contributed by atoms with van der Waals surface area (Å²) in [5.41, 5.74) is 0.945. The second kappa shape index (κ2) is 11.8. The molecule has 1 atom stereocenters. The largest absolute Gasteiger partial charge is 0.497 e. The number of carbonyl (C=O) groups excluding carboxylic acids is 2. The topological polar surface area (TPSA) is 135 Å². The fourth-order valence-corrected chi connectivity index (χ4v) is 3.93. The van der Waals surface area contributed by atoms with E-state index < -0.39 is 12.0 Å². The van der Waals surface area contributed by atoms with Crippen LogP contribution in [0.2, 0.25) is 0 Å². The minimum absolute atomic E-state index is 0.0269. The summed E-state index contributed by atoms with van der Waals surface area (Å²) in [6.07, 6.45) is 1.67. The van der Waals surface area contributed by atoms with Gasteiger partial charge in [0.05, 0.1) is 24.5 Å². The van der Waals surface area contributed by atoms with Crippen LogP contribution in [-0.2, 0) is 11.3 Å². The van der Waals surface area contributed by atoms with Crippen LogP contribution in [0.15, 0.2) is 66.3 Å². The number of nitrogens with one attached hydrogen (secondary N) is 2. The van der Waals surface area contributed by atoms with Crippen molar-refractivity contribution in [3.05, 3.63) is 78.1 Å². The lowest BCUT2D eigenvalue weighted by Crippen LogP contribution is -2.28. The maximum absolute atomic E-state index is 12.6. The highest BCUT2D eigenvalue weighted by Gasteiger charge is 2.20. The van der Waals surface area contributed by atoms with E-state index >= 15 is 0 Å². The molecule has 1 aromatic heterocycles. The van der Waals surface area contributed by atoms with Gasteiger partial charge in [-0.1, -0.05) is 23.9 Å². The molecule has 2 aromatic carbocycles. The van der Waals surface area contributed by atoms with Gasteiger partial charge in [0, 0.05) is 17.8 Å². The molecule has 0 saturated heterocycles. The van der Waals surface area contributed by atoms with Crippen LogP contribution in [0, 0.1) is 0 Å². The Morgan fingerprint density at radius 1 is 1.17 bits per heavy atom. The predicted octanol–water partition coefficient (Wildman–Crippen LogP) is 3.39. The third-order valence-corrected chi connectivity index (χ3v) is 5.84. The molecule has 2 amide bonds. The third kappa shape index (κ3) is 6.70. The highest BCUT2D eigenvalue weighted by molar-refractivity contribution is 7.99. The van der Waals surface area contributed by atoms with Crippen molar-refractivity contribution in [2.45, 2.75) is 24.7 Å². The van der Waals surface area contributed by atoms with Crippen molar-refractivity contribution in [3.63, 3.8) is 0 Å². The van der Waals surface area contributed by atoms with Crippen LogP contribution in [0.1, 0.15) is 39.5 Å². The molecule has 0 saturated carbocycles. The second-order valence-electron chi connectivity index (χ2n) is 7.39. The highest BCUT2D eigenvalue weighted by Crippen LogP contribution is 2.22. The first-order valence-electron chi connectivity index (χ1n) is 10.6. The fraction of sp³-hybridized carbons (Fsp3) is 0.208. The molecule has 3 rings (SSSR count). The highest BCUT2D eigenvalue weighted by atomic mass is 32.2. The molecule has 0 radical (unpaired) electrons. The van der Waals surface area contributed by atoms with Crippen molar-refractivity contribution in [2.75, 3.05) is 18.2 Å². The first-order valence-corrected chi connectivity index (χ1v) is 11.6. The van der Waals surface area contributed by atoms with Gasteiger partial charge in [-0.2, -0.15) is 0 Å². The molecular formula is C24H25N5O5S.